The van der Waals surface area contributed by atoms with Crippen LogP contribution in [0.5, 0.6) is 11.5 Å². The summed E-state index contributed by atoms with van der Waals surface area (Å²) in [5, 5.41) is 8.94. The van der Waals surface area contributed by atoms with Gasteiger partial charge in [-0.2, -0.15) is 0 Å². The van der Waals surface area contributed by atoms with Crippen LogP contribution in [0.3, 0.4) is 0 Å². The second-order valence-electron chi connectivity index (χ2n) is 5.84. The number of carboxylic acids is 1. The molecule has 1 saturated heterocycles. The Labute approximate surface area is 130 Å². The van der Waals surface area contributed by atoms with Gasteiger partial charge in [-0.15, -0.1) is 0 Å². The maximum absolute atomic E-state index is 10.9. The van der Waals surface area contributed by atoms with E-state index in [0.29, 0.717) is 24.0 Å². The molecule has 0 radical (unpaired) electrons. The molecular weight excluding hydrogens is 284 g/mol. The number of carboxylic acid groups (broad SMARTS) is 1. The van der Waals surface area contributed by atoms with Crippen LogP contribution in [-0.4, -0.2) is 55.9 Å². The molecule has 0 aromatic heterocycles. The average Bonchev–Trinajstić information content (AvgIpc) is 2.45. The first-order valence-electron chi connectivity index (χ1n) is 7.42. The summed E-state index contributed by atoms with van der Waals surface area (Å²) in [6.07, 6.45) is 1.76. The fourth-order valence-corrected chi connectivity index (χ4v) is 3.16. The molecule has 2 rings (SSSR count). The smallest absolute Gasteiger partial charge is 0.317 e. The van der Waals surface area contributed by atoms with Crippen molar-refractivity contribution in [1.82, 2.24) is 4.90 Å². The molecule has 0 saturated carbocycles. The lowest BCUT2D eigenvalue weighted by Gasteiger charge is -2.35. The number of hydrogen-bond donors (Lipinski definition) is 2. The minimum atomic E-state index is -0.807. The average molecular weight is 308 g/mol. The first-order valence-corrected chi connectivity index (χ1v) is 7.42. The molecule has 6 nitrogen and oxygen atoms in total. The molecule has 1 aromatic carbocycles. The van der Waals surface area contributed by atoms with Crippen molar-refractivity contribution < 1.29 is 19.4 Å². The molecule has 2 atom stereocenters. The van der Waals surface area contributed by atoms with Crippen molar-refractivity contribution in [1.29, 1.82) is 0 Å². The van der Waals surface area contributed by atoms with Crippen molar-refractivity contribution >= 4 is 5.97 Å². The van der Waals surface area contributed by atoms with Crippen LogP contribution in [0.1, 0.15) is 12.0 Å². The van der Waals surface area contributed by atoms with Gasteiger partial charge in [-0.1, -0.05) is 6.07 Å². The van der Waals surface area contributed by atoms with E-state index in [1.807, 2.05) is 23.1 Å². The number of methoxy groups -OCH3 is 2. The quantitative estimate of drug-likeness (QED) is 0.815. The summed E-state index contributed by atoms with van der Waals surface area (Å²) in [6, 6.07) is 5.91. The summed E-state index contributed by atoms with van der Waals surface area (Å²) in [5.74, 6) is 0.960. The summed E-state index contributed by atoms with van der Waals surface area (Å²) in [6.45, 7) is 1.46. The van der Waals surface area contributed by atoms with Crippen LogP contribution >= 0.6 is 0 Å². The third-order valence-electron chi connectivity index (χ3n) is 3.98. The molecule has 1 aliphatic rings. The Morgan fingerprint density at radius 1 is 1.32 bits per heavy atom. The van der Waals surface area contributed by atoms with Gasteiger partial charge in [0, 0.05) is 19.1 Å². The Morgan fingerprint density at radius 2 is 2.05 bits per heavy atom. The third kappa shape index (κ3) is 4.35. The van der Waals surface area contributed by atoms with Gasteiger partial charge >= 0.3 is 5.97 Å². The van der Waals surface area contributed by atoms with Gasteiger partial charge in [0.2, 0.25) is 0 Å². The predicted octanol–water partition coefficient (Wildman–Crippen LogP) is 0.980. The molecule has 6 heteroatoms. The Balaban J connectivity index is 2.04. The predicted molar refractivity (Wildman–Crippen MR) is 83.4 cm³/mol. The molecule has 22 heavy (non-hydrogen) atoms. The molecule has 0 bridgehead atoms. The molecular formula is C16H24N2O4. The number of benzene rings is 1. The van der Waals surface area contributed by atoms with E-state index in [-0.39, 0.29) is 12.6 Å². The summed E-state index contributed by atoms with van der Waals surface area (Å²) < 4.78 is 10.6. The van der Waals surface area contributed by atoms with Crippen molar-refractivity contribution in [3.8, 4) is 11.5 Å². The largest absolute Gasteiger partial charge is 0.493 e. The lowest BCUT2D eigenvalue weighted by Crippen LogP contribution is -2.49. The van der Waals surface area contributed by atoms with Gasteiger partial charge in [-0.25, -0.2) is 0 Å². The van der Waals surface area contributed by atoms with Crippen LogP contribution in [0, 0.1) is 5.92 Å². The molecule has 122 valence electrons. The summed E-state index contributed by atoms with van der Waals surface area (Å²) in [5.41, 5.74) is 7.21. The van der Waals surface area contributed by atoms with Gasteiger partial charge < -0.3 is 20.3 Å². The van der Waals surface area contributed by atoms with Crippen LogP contribution in [0.2, 0.25) is 0 Å². The third-order valence-corrected chi connectivity index (χ3v) is 3.98. The van der Waals surface area contributed by atoms with Gasteiger partial charge in [0.1, 0.15) is 0 Å². The Bertz CT molecular complexity index is 521. The van der Waals surface area contributed by atoms with Gasteiger partial charge in [0.25, 0.3) is 0 Å². The zero-order valence-electron chi connectivity index (χ0n) is 13.1. The van der Waals surface area contributed by atoms with Gasteiger partial charge in [-0.3, -0.25) is 9.69 Å². The number of nitrogens with zero attached hydrogens (tertiary/aromatic N) is 1. The van der Waals surface area contributed by atoms with Crippen molar-refractivity contribution in [2.45, 2.75) is 18.9 Å². The highest BCUT2D eigenvalue weighted by Gasteiger charge is 2.26. The lowest BCUT2D eigenvalue weighted by atomic mass is 9.89. The zero-order valence-corrected chi connectivity index (χ0v) is 13.1. The number of carbonyl (C=O) groups is 1. The second kappa shape index (κ2) is 7.47. The summed E-state index contributed by atoms with van der Waals surface area (Å²) in [4.78, 5) is 12.8. The van der Waals surface area contributed by atoms with Crippen molar-refractivity contribution in [2.24, 2.45) is 11.7 Å². The maximum Gasteiger partial charge on any atom is 0.317 e. The van der Waals surface area contributed by atoms with E-state index in [1.165, 1.54) is 0 Å². The second-order valence-corrected chi connectivity index (χ2v) is 5.84. The van der Waals surface area contributed by atoms with E-state index in [9.17, 15) is 4.79 Å². The number of nitrogens with two attached hydrogens (primary N) is 1. The maximum atomic E-state index is 10.9. The fourth-order valence-electron chi connectivity index (χ4n) is 3.16. The van der Waals surface area contributed by atoms with Crippen LogP contribution in [0.15, 0.2) is 18.2 Å². The first-order chi connectivity index (χ1) is 10.5. The van der Waals surface area contributed by atoms with E-state index >= 15 is 0 Å². The van der Waals surface area contributed by atoms with Gasteiger partial charge in [0.05, 0.1) is 20.8 Å². The molecule has 1 aliphatic heterocycles. The highest BCUT2D eigenvalue weighted by molar-refractivity contribution is 5.69. The number of likely N-dealkylation sites (tertiary alicyclic amines) is 1. The van der Waals surface area contributed by atoms with Crippen molar-refractivity contribution in [2.75, 3.05) is 33.9 Å². The summed E-state index contributed by atoms with van der Waals surface area (Å²) >= 11 is 0. The normalized spacial score (nSPS) is 22.3. The van der Waals surface area contributed by atoms with Gasteiger partial charge in [0.15, 0.2) is 11.5 Å². The number of rotatable bonds is 6. The van der Waals surface area contributed by atoms with Crippen molar-refractivity contribution in [3.05, 3.63) is 23.8 Å². The molecule has 0 amide bonds. The summed E-state index contributed by atoms with van der Waals surface area (Å²) in [7, 11) is 3.23. The molecule has 1 heterocycles. The Hall–Kier alpha value is -1.79. The monoisotopic (exact) mass is 308 g/mol. The van der Waals surface area contributed by atoms with E-state index in [0.717, 1.165) is 24.9 Å². The molecule has 0 spiro atoms. The van der Waals surface area contributed by atoms with E-state index in [4.69, 9.17) is 20.3 Å². The lowest BCUT2D eigenvalue weighted by molar-refractivity contribution is -0.138. The number of ether oxygens (including phenoxy) is 2. The van der Waals surface area contributed by atoms with Crippen LogP contribution in [-0.2, 0) is 11.2 Å². The van der Waals surface area contributed by atoms with E-state index < -0.39 is 5.97 Å². The van der Waals surface area contributed by atoms with Gasteiger partial charge in [-0.05, 0) is 36.5 Å². The molecule has 3 N–H and O–H groups in total. The van der Waals surface area contributed by atoms with Crippen LogP contribution in [0.4, 0.5) is 0 Å². The standard InChI is InChI=1S/C16H24N2O4/c1-21-14-4-3-11(7-15(14)22-2)5-12-6-13(17)9-18(8-12)10-16(19)20/h3-4,7,12-13H,5-6,8-10,17H2,1-2H3,(H,19,20). The SMILES string of the molecule is COc1ccc(CC2CC(N)CN(CC(=O)O)C2)cc1OC. The Kier molecular flexibility index (Phi) is 5.63. The number of aliphatic carboxylic acids is 1. The minimum absolute atomic E-state index is 0.0262. The topological polar surface area (TPSA) is 85.0 Å². The zero-order chi connectivity index (χ0) is 16.1. The molecule has 0 aliphatic carbocycles. The van der Waals surface area contributed by atoms with E-state index in [2.05, 4.69) is 0 Å². The minimum Gasteiger partial charge on any atom is -0.493 e. The number of hydrogen-bond acceptors (Lipinski definition) is 5. The molecule has 2 unspecified atom stereocenters. The molecule has 1 aromatic rings. The van der Waals surface area contributed by atoms with Crippen molar-refractivity contribution in [3.63, 3.8) is 0 Å². The first kappa shape index (κ1) is 16.6. The van der Waals surface area contributed by atoms with E-state index in [1.54, 1.807) is 14.2 Å². The fraction of sp³-hybridized carbons (Fsp3) is 0.562. The van der Waals surface area contributed by atoms with Crippen LogP contribution < -0.4 is 15.2 Å². The molecule has 1 fully saturated rings. The number of piperidine rings is 1. The highest BCUT2D eigenvalue weighted by atomic mass is 16.5. The van der Waals surface area contributed by atoms with Crippen LogP contribution in [0.25, 0.3) is 0 Å². The Morgan fingerprint density at radius 3 is 2.68 bits per heavy atom. The highest BCUT2D eigenvalue weighted by Crippen LogP contribution is 2.29.